The third kappa shape index (κ3) is 1.50. The fraction of sp³-hybridized carbons (Fsp3) is 0.125. The summed E-state index contributed by atoms with van der Waals surface area (Å²) in [4.78, 5) is 15.8. The quantitative estimate of drug-likeness (QED) is 0.739. The summed E-state index contributed by atoms with van der Waals surface area (Å²) in [5, 5.41) is 7.33. The van der Waals surface area contributed by atoms with Gasteiger partial charge in [-0.2, -0.15) is 5.10 Å². The number of aromatic amines is 1. The fourth-order valence-electron chi connectivity index (χ4n) is 0.938. The maximum atomic E-state index is 11.0. The van der Waals surface area contributed by atoms with Gasteiger partial charge in [0.15, 0.2) is 5.78 Å². The summed E-state index contributed by atoms with van der Waals surface area (Å²) in [6.45, 7) is 1.53. The lowest BCUT2D eigenvalue weighted by Gasteiger charge is -1.84. The third-order valence-electron chi connectivity index (χ3n) is 1.60. The average Bonchev–Trinajstić information content (AvgIpc) is 2.75. The molecule has 2 aromatic heterocycles. The van der Waals surface area contributed by atoms with Crippen LogP contribution in [0, 0.1) is 0 Å². The van der Waals surface area contributed by atoms with Crippen molar-refractivity contribution in [2.45, 2.75) is 6.92 Å². The number of hydrogen-bond acceptors (Lipinski definition) is 4. The minimum atomic E-state index is 0.0484. The van der Waals surface area contributed by atoms with Crippen LogP contribution in [0.5, 0.6) is 0 Å². The Balaban J connectivity index is 2.39. The number of rotatable bonds is 2. The number of aromatic nitrogens is 3. The Morgan fingerprint density at radius 2 is 2.38 bits per heavy atom. The van der Waals surface area contributed by atoms with Crippen LogP contribution in [0.1, 0.15) is 16.6 Å². The lowest BCUT2D eigenvalue weighted by molar-refractivity contribution is 0.102. The topological polar surface area (TPSA) is 58.6 Å². The van der Waals surface area contributed by atoms with E-state index in [-0.39, 0.29) is 5.78 Å². The summed E-state index contributed by atoms with van der Waals surface area (Å²) in [6.07, 6.45) is 5.03. The molecular weight excluding hydrogens is 186 g/mol. The van der Waals surface area contributed by atoms with Crippen molar-refractivity contribution < 1.29 is 4.79 Å². The molecule has 5 heteroatoms. The fourth-order valence-corrected chi connectivity index (χ4v) is 1.73. The summed E-state index contributed by atoms with van der Waals surface area (Å²) in [5.41, 5.74) is 0.914. The Kier molecular flexibility index (Phi) is 1.94. The first-order valence-corrected chi connectivity index (χ1v) is 4.55. The van der Waals surface area contributed by atoms with Crippen molar-refractivity contribution in [2.75, 3.05) is 0 Å². The average molecular weight is 193 g/mol. The van der Waals surface area contributed by atoms with E-state index in [1.807, 2.05) is 0 Å². The van der Waals surface area contributed by atoms with Crippen molar-refractivity contribution in [3.8, 4) is 10.6 Å². The zero-order chi connectivity index (χ0) is 9.26. The van der Waals surface area contributed by atoms with Gasteiger partial charge in [-0.1, -0.05) is 0 Å². The molecule has 1 N–H and O–H groups in total. The highest BCUT2D eigenvalue weighted by Crippen LogP contribution is 2.23. The molecule has 0 saturated heterocycles. The maximum absolute atomic E-state index is 11.0. The molecule has 0 fully saturated rings. The standard InChI is InChI=1S/C8H7N3OS/c1-5(12)7-4-9-8(13-7)6-2-10-11-3-6/h2-4H,1H3,(H,10,11). The molecule has 0 spiro atoms. The molecule has 0 unspecified atom stereocenters. The molecule has 0 aliphatic heterocycles. The Morgan fingerprint density at radius 1 is 1.54 bits per heavy atom. The zero-order valence-corrected chi connectivity index (χ0v) is 7.76. The summed E-state index contributed by atoms with van der Waals surface area (Å²) in [7, 11) is 0. The Bertz CT molecular complexity index is 418. The van der Waals surface area contributed by atoms with Gasteiger partial charge in [-0.05, 0) is 0 Å². The van der Waals surface area contributed by atoms with E-state index in [9.17, 15) is 4.79 Å². The van der Waals surface area contributed by atoms with Crippen LogP contribution in [0.15, 0.2) is 18.6 Å². The molecule has 0 bridgehead atoms. The smallest absolute Gasteiger partial charge is 0.171 e. The van der Waals surface area contributed by atoms with E-state index in [2.05, 4.69) is 15.2 Å². The van der Waals surface area contributed by atoms with Gasteiger partial charge in [-0.3, -0.25) is 9.89 Å². The van der Waals surface area contributed by atoms with E-state index in [4.69, 9.17) is 0 Å². The van der Waals surface area contributed by atoms with Gasteiger partial charge >= 0.3 is 0 Å². The second-order valence-corrected chi connectivity index (χ2v) is 3.60. The molecule has 13 heavy (non-hydrogen) atoms. The number of Topliss-reactive ketones (excluding diaryl/α,β-unsaturated/α-hetero) is 1. The lowest BCUT2D eigenvalue weighted by Crippen LogP contribution is -1.83. The van der Waals surface area contributed by atoms with Crippen LogP contribution >= 0.6 is 11.3 Å². The second-order valence-electron chi connectivity index (χ2n) is 2.57. The van der Waals surface area contributed by atoms with Gasteiger partial charge in [0.05, 0.1) is 11.1 Å². The van der Waals surface area contributed by atoms with E-state index in [0.717, 1.165) is 10.6 Å². The van der Waals surface area contributed by atoms with Gasteiger partial charge in [0.1, 0.15) is 5.01 Å². The lowest BCUT2D eigenvalue weighted by atomic mass is 10.4. The number of carbonyl (C=O) groups excluding carboxylic acids is 1. The van der Waals surface area contributed by atoms with Crippen molar-refractivity contribution in [1.82, 2.24) is 15.2 Å². The molecule has 66 valence electrons. The molecule has 2 aromatic rings. The Morgan fingerprint density at radius 3 is 2.92 bits per heavy atom. The minimum absolute atomic E-state index is 0.0484. The highest BCUT2D eigenvalue weighted by Gasteiger charge is 2.07. The second kappa shape index (κ2) is 3.10. The van der Waals surface area contributed by atoms with Crippen molar-refractivity contribution in [1.29, 1.82) is 0 Å². The number of H-pyrrole nitrogens is 1. The van der Waals surface area contributed by atoms with Crippen LogP contribution in [0.2, 0.25) is 0 Å². The summed E-state index contributed by atoms with van der Waals surface area (Å²) >= 11 is 1.38. The van der Waals surface area contributed by atoms with E-state index in [1.165, 1.54) is 18.3 Å². The molecule has 0 aromatic carbocycles. The van der Waals surface area contributed by atoms with Gasteiger partial charge < -0.3 is 0 Å². The van der Waals surface area contributed by atoms with Crippen LogP contribution in [0.4, 0.5) is 0 Å². The molecule has 0 amide bonds. The first kappa shape index (κ1) is 8.12. The highest BCUT2D eigenvalue weighted by atomic mass is 32.1. The largest absolute Gasteiger partial charge is 0.294 e. The SMILES string of the molecule is CC(=O)c1cnc(-c2cn[nH]c2)s1. The van der Waals surface area contributed by atoms with E-state index in [1.54, 1.807) is 18.6 Å². The third-order valence-corrected chi connectivity index (χ3v) is 2.75. The molecule has 0 aliphatic rings. The molecule has 2 rings (SSSR count). The van der Waals surface area contributed by atoms with Crippen molar-refractivity contribution in [3.05, 3.63) is 23.5 Å². The summed E-state index contributed by atoms with van der Waals surface area (Å²) < 4.78 is 0. The first-order chi connectivity index (χ1) is 6.27. The molecule has 0 atom stereocenters. The number of thiazole rings is 1. The monoisotopic (exact) mass is 193 g/mol. The first-order valence-electron chi connectivity index (χ1n) is 3.73. The van der Waals surface area contributed by atoms with Crippen LogP contribution < -0.4 is 0 Å². The van der Waals surface area contributed by atoms with E-state index < -0.39 is 0 Å². The Labute approximate surface area is 78.6 Å². The Hall–Kier alpha value is -1.49. The van der Waals surface area contributed by atoms with Crippen molar-refractivity contribution in [2.24, 2.45) is 0 Å². The van der Waals surface area contributed by atoms with Crippen LogP contribution in [-0.4, -0.2) is 21.0 Å². The number of nitrogens with one attached hydrogen (secondary N) is 1. The highest BCUT2D eigenvalue weighted by molar-refractivity contribution is 7.16. The number of ketones is 1. The molecule has 4 nitrogen and oxygen atoms in total. The van der Waals surface area contributed by atoms with Crippen LogP contribution in [0.25, 0.3) is 10.6 Å². The predicted octanol–water partition coefficient (Wildman–Crippen LogP) is 1.74. The van der Waals surface area contributed by atoms with Crippen LogP contribution in [-0.2, 0) is 0 Å². The van der Waals surface area contributed by atoms with Gasteiger partial charge in [-0.25, -0.2) is 4.98 Å². The molecule has 0 aliphatic carbocycles. The van der Waals surface area contributed by atoms with Gasteiger partial charge in [0.25, 0.3) is 0 Å². The van der Waals surface area contributed by atoms with E-state index in [0.29, 0.717) is 4.88 Å². The number of carbonyl (C=O) groups is 1. The van der Waals surface area contributed by atoms with Gasteiger partial charge in [0, 0.05) is 24.9 Å². The van der Waals surface area contributed by atoms with Crippen molar-refractivity contribution in [3.63, 3.8) is 0 Å². The van der Waals surface area contributed by atoms with Gasteiger partial charge in [0.2, 0.25) is 0 Å². The summed E-state index contributed by atoms with van der Waals surface area (Å²) in [5.74, 6) is 0.0484. The normalized spacial score (nSPS) is 10.2. The molecule has 0 saturated carbocycles. The van der Waals surface area contributed by atoms with Crippen LogP contribution in [0.3, 0.4) is 0 Å². The number of nitrogens with zero attached hydrogens (tertiary/aromatic N) is 2. The summed E-state index contributed by atoms with van der Waals surface area (Å²) in [6, 6.07) is 0. The zero-order valence-electron chi connectivity index (χ0n) is 6.94. The molecule has 2 heterocycles. The molecule has 0 radical (unpaired) electrons. The predicted molar refractivity (Wildman–Crippen MR) is 49.7 cm³/mol. The van der Waals surface area contributed by atoms with E-state index >= 15 is 0 Å². The van der Waals surface area contributed by atoms with Crippen molar-refractivity contribution >= 4 is 17.1 Å². The minimum Gasteiger partial charge on any atom is -0.294 e. The van der Waals surface area contributed by atoms with Gasteiger partial charge in [-0.15, -0.1) is 11.3 Å². The maximum Gasteiger partial charge on any atom is 0.171 e. The molecular formula is C8H7N3OS. The number of hydrogen-bond donors (Lipinski definition) is 1.